The molecule has 1 aromatic heterocycles. The number of benzene rings is 1. The first-order chi connectivity index (χ1) is 10.1. The second-order valence-electron chi connectivity index (χ2n) is 4.82. The third-order valence-electron chi connectivity index (χ3n) is 3.31. The van der Waals surface area contributed by atoms with Gasteiger partial charge in [-0.3, -0.25) is 4.98 Å². The third kappa shape index (κ3) is 4.24. The number of pyridine rings is 1. The molecule has 0 saturated carbocycles. The summed E-state index contributed by atoms with van der Waals surface area (Å²) >= 11 is 0. The fourth-order valence-electron chi connectivity index (χ4n) is 1.98. The Morgan fingerprint density at radius 2 is 1.95 bits per heavy atom. The van der Waals surface area contributed by atoms with Crippen LogP contribution in [0.4, 0.5) is 4.39 Å². The van der Waals surface area contributed by atoms with E-state index in [0.717, 1.165) is 17.0 Å². The van der Waals surface area contributed by atoms with Gasteiger partial charge in [0.2, 0.25) is 0 Å². The maximum atomic E-state index is 12.8. The maximum absolute atomic E-state index is 12.8. The molecule has 4 nitrogen and oxygen atoms in total. The van der Waals surface area contributed by atoms with E-state index < -0.39 is 6.10 Å². The molecule has 0 spiro atoms. The normalized spacial score (nSPS) is 13.7. The fourth-order valence-corrected chi connectivity index (χ4v) is 1.98. The molecule has 5 heteroatoms. The molecule has 2 rings (SSSR count). The molecule has 112 valence electrons. The van der Waals surface area contributed by atoms with E-state index in [-0.39, 0.29) is 11.9 Å². The van der Waals surface area contributed by atoms with Crippen LogP contribution in [0, 0.1) is 5.82 Å². The van der Waals surface area contributed by atoms with Gasteiger partial charge >= 0.3 is 0 Å². The molecule has 1 heterocycles. The Morgan fingerprint density at radius 1 is 1.24 bits per heavy atom. The van der Waals surface area contributed by atoms with Crippen LogP contribution in [-0.4, -0.2) is 23.7 Å². The van der Waals surface area contributed by atoms with Gasteiger partial charge in [-0.15, -0.1) is 0 Å². The van der Waals surface area contributed by atoms with E-state index in [9.17, 15) is 9.50 Å². The second-order valence-corrected chi connectivity index (χ2v) is 4.82. The molecule has 0 aliphatic rings. The smallest absolute Gasteiger partial charge is 0.141 e. The zero-order valence-electron chi connectivity index (χ0n) is 12.1. The largest absolute Gasteiger partial charge is 0.497 e. The Labute approximate surface area is 123 Å². The summed E-state index contributed by atoms with van der Waals surface area (Å²) in [5.74, 6) is 0.395. The van der Waals surface area contributed by atoms with Crippen molar-refractivity contribution in [2.45, 2.75) is 19.1 Å². The number of methoxy groups -OCH3 is 1. The minimum absolute atomic E-state index is 0.0708. The van der Waals surface area contributed by atoms with Crippen LogP contribution >= 0.6 is 0 Å². The molecule has 0 fully saturated rings. The van der Waals surface area contributed by atoms with E-state index in [2.05, 4.69) is 10.3 Å². The van der Waals surface area contributed by atoms with Crippen molar-refractivity contribution in [2.24, 2.45) is 0 Å². The van der Waals surface area contributed by atoms with Gasteiger partial charge in [0.05, 0.1) is 25.1 Å². The van der Waals surface area contributed by atoms with E-state index in [1.165, 1.54) is 12.3 Å². The predicted octanol–water partition coefficient (Wildman–Crippen LogP) is 2.61. The molecular formula is C16H19FN2O2. The van der Waals surface area contributed by atoms with Crippen molar-refractivity contribution >= 4 is 0 Å². The Morgan fingerprint density at radius 3 is 2.52 bits per heavy atom. The molecule has 0 radical (unpaired) electrons. The Kier molecular flexibility index (Phi) is 5.25. The lowest BCUT2D eigenvalue weighted by Gasteiger charge is -2.17. The molecular weight excluding hydrogens is 271 g/mol. The van der Waals surface area contributed by atoms with Crippen LogP contribution in [0.3, 0.4) is 0 Å². The highest BCUT2D eigenvalue weighted by Gasteiger charge is 2.11. The number of aromatic nitrogens is 1. The zero-order chi connectivity index (χ0) is 15.2. The minimum Gasteiger partial charge on any atom is -0.497 e. The van der Waals surface area contributed by atoms with Crippen molar-refractivity contribution in [2.75, 3.05) is 13.7 Å². The first-order valence-electron chi connectivity index (χ1n) is 6.77. The minimum atomic E-state index is -0.626. The van der Waals surface area contributed by atoms with Crippen LogP contribution in [0.25, 0.3) is 0 Å². The van der Waals surface area contributed by atoms with Crippen LogP contribution in [0.2, 0.25) is 0 Å². The summed E-state index contributed by atoms with van der Waals surface area (Å²) in [5, 5.41) is 13.3. The summed E-state index contributed by atoms with van der Waals surface area (Å²) in [6.07, 6.45) is 0.562. The van der Waals surface area contributed by atoms with Crippen molar-refractivity contribution in [3.63, 3.8) is 0 Å². The predicted molar refractivity (Wildman–Crippen MR) is 78.6 cm³/mol. The zero-order valence-corrected chi connectivity index (χ0v) is 12.1. The lowest BCUT2D eigenvalue weighted by Crippen LogP contribution is -2.25. The molecule has 2 aromatic rings. The van der Waals surface area contributed by atoms with Crippen LogP contribution in [0.1, 0.15) is 30.3 Å². The number of aliphatic hydroxyl groups excluding tert-OH is 1. The third-order valence-corrected chi connectivity index (χ3v) is 3.31. The van der Waals surface area contributed by atoms with Gasteiger partial charge in [0.25, 0.3) is 0 Å². The summed E-state index contributed by atoms with van der Waals surface area (Å²) in [5.41, 5.74) is 1.54. The Bertz CT molecular complexity index is 557. The van der Waals surface area contributed by atoms with Gasteiger partial charge in [-0.2, -0.15) is 0 Å². The van der Waals surface area contributed by atoms with Crippen molar-refractivity contribution in [3.05, 3.63) is 59.7 Å². The van der Waals surface area contributed by atoms with Crippen LogP contribution in [0.15, 0.2) is 42.6 Å². The molecule has 0 aliphatic carbocycles. The number of halogens is 1. The Balaban J connectivity index is 1.90. The molecule has 0 aliphatic heterocycles. The number of ether oxygens (including phenoxy) is 1. The first-order valence-corrected chi connectivity index (χ1v) is 6.77. The average Bonchev–Trinajstić information content (AvgIpc) is 2.53. The highest BCUT2D eigenvalue weighted by atomic mass is 19.1. The van der Waals surface area contributed by atoms with Gasteiger partial charge in [0, 0.05) is 12.6 Å². The van der Waals surface area contributed by atoms with Gasteiger partial charge in [-0.1, -0.05) is 12.1 Å². The summed E-state index contributed by atoms with van der Waals surface area (Å²) in [4.78, 5) is 4.02. The van der Waals surface area contributed by atoms with Gasteiger partial charge in [-0.05, 0) is 36.8 Å². The van der Waals surface area contributed by atoms with Crippen LogP contribution in [-0.2, 0) is 0 Å². The fraction of sp³-hybridized carbons (Fsp3) is 0.312. The van der Waals surface area contributed by atoms with Gasteiger partial charge < -0.3 is 15.2 Å². The number of aliphatic hydroxyl groups is 1. The summed E-state index contributed by atoms with van der Waals surface area (Å²) in [6.45, 7) is 2.30. The number of nitrogens with zero attached hydrogens (tertiary/aromatic N) is 1. The maximum Gasteiger partial charge on any atom is 0.141 e. The van der Waals surface area contributed by atoms with Crippen LogP contribution in [0.5, 0.6) is 5.75 Å². The number of rotatable bonds is 6. The number of hydrogen-bond donors (Lipinski definition) is 2. The van der Waals surface area contributed by atoms with E-state index in [1.807, 2.05) is 31.2 Å². The highest BCUT2D eigenvalue weighted by Crippen LogP contribution is 2.18. The lowest BCUT2D eigenvalue weighted by molar-refractivity contribution is 0.170. The summed E-state index contributed by atoms with van der Waals surface area (Å²) in [7, 11) is 1.60. The quantitative estimate of drug-likeness (QED) is 0.858. The standard InChI is InChI=1S/C16H19FN2O2/c1-11(15-8-5-13(17)9-19-15)18-10-16(20)12-3-6-14(21-2)7-4-12/h3-9,11,16,18,20H,10H2,1-2H3. The SMILES string of the molecule is COc1ccc(C(O)CNC(C)c2ccc(F)cn2)cc1. The number of hydrogen-bond acceptors (Lipinski definition) is 4. The first kappa shape index (κ1) is 15.4. The van der Waals surface area contributed by atoms with Crippen molar-refractivity contribution in [1.29, 1.82) is 0 Å². The summed E-state index contributed by atoms with van der Waals surface area (Å²) in [6, 6.07) is 10.2. The van der Waals surface area contributed by atoms with Crippen LogP contribution < -0.4 is 10.1 Å². The second kappa shape index (κ2) is 7.15. The topological polar surface area (TPSA) is 54.4 Å². The van der Waals surface area contributed by atoms with E-state index in [4.69, 9.17) is 4.74 Å². The molecule has 2 atom stereocenters. The lowest BCUT2D eigenvalue weighted by atomic mass is 10.1. The molecule has 2 N–H and O–H groups in total. The van der Waals surface area contributed by atoms with Crippen molar-refractivity contribution in [3.8, 4) is 5.75 Å². The molecule has 0 bridgehead atoms. The van der Waals surface area contributed by atoms with Crippen molar-refractivity contribution in [1.82, 2.24) is 10.3 Å². The van der Waals surface area contributed by atoms with E-state index >= 15 is 0 Å². The van der Waals surface area contributed by atoms with E-state index in [0.29, 0.717) is 6.54 Å². The van der Waals surface area contributed by atoms with Gasteiger partial charge in [0.1, 0.15) is 11.6 Å². The van der Waals surface area contributed by atoms with Gasteiger partial charge in [0.15, 0.2) is 0 Å². The molecule has 0 saturated heterocycles. The monoisotopic (exact) mass is 290 g/mol. The molecule has 2 unspecified atom stereocenters. The average molecular weight is 290 g/mol. The van der Waals surface area contributed by atoms with Gasteiger partial charge in [-0.25, -0.2) is 4.39 Å². The molecule has 21 heavy (non-hydrogen) atoms. The molecule has 0 amide bonds. The highest BCUT2D eigenvalue weighted by molar-refractivity contribution is 5.28. The van der Waals surface area contributed by atoms with E-state index in [1.54, 1.807) is 13.2 Å². The Hall–Kier alpha value is -1.98. The molecule has 1 aromatic carbocycles. The van der Waals surface area contributed by atoms with Crippen molar-refractivity contribution < 1.29 is 14.2 Å². The number of nitrogens with one attached hydrogen (secondary N) is 1. The summed E-state index contributed by atoms with van der Waals surface area (Å²) < 4.78 is 17.9.